The maximum Gasteiger partial charge on any atom is 0.294 e. The van der Waals surface area contributed by atoms with Gasteiger partial charge in [-0.3, -0.25) is 14.2 Å². The molecule has 4 aromatic rings. The lowest BCUT2D eigenvalue weighted by Crippen LogP contribution is -2.46. The molecule has 0 aliphatic carbocycles. The quantitative estimate of drug-likeness (QED) is 0.407. The Morgan fingerprint density at radius 2 is 1.76 bits per heavy atom. The molecule has 0 bridgehead atoms. The van der Waals surface area contributed by atoms with Gasteiger partial charge in [-0.15, -0.1) is 0 Å². The Balaban J connectivity index is 1.34. The molecule has 0 saturated carbocycles. The molecule has 1 aromatic heterocycles. The number of nitrogens with zero attached hydrogens (tertiary/aromatic N) is 3. The predicted octanol–water partition coefficient (Wildman–Crippen LogP) is 4.64. The highest BCUT2D eigenvalue weighted by molar-refractivity contribution is 5.80. The van der Waals surface area contributed by atoms with E-state index in [-0.39, 0.29) is 17.4 Å². The number of piperidine rings is 1. The molecule has 2 heterocycles. The van der Waals surface area contributed by atoms with Crippen molar-refractivity contribution in [2.75, 3.05) is 24.5 Å². The van der Waals surface area contributed by atoms with Crippen molar-refractivity contribution in [2.24, 2.45) is 5.92 Å². The van der Waals surface area contributed by atoms with Crippen LogP contribution in [0.2, 0.25) is 0 Å². The van der Waals surface area contributed by atoms with Crippen LogP contribution in [0.1, 0.15) is 35.1 Å². The molecule has 1 saturated heterocycles. The third kappa shape index (κ3) is 5.58. The number of hydrogen-bond donors (Lipinski definition) is 1. The minimum Gasteiger partial charge on any atom is -0.355 e. The molecule has 1 aliphatic rings. The number of amides is 1. The average molecular weight is 495 g/mol. The summed E-state index contributed by atoms with van der Waals surface area (Å²) in [6.07, 6.45) is 2.48. The Hall–Kier alpha value is -3.93. The molecule has 1 N–H and O–H groups in total. The lowest BCUT2D eigenvalue weighted by Gasteiger charge is -2.33. The van der Waals surface area contributed by atoms with Crippen molar-refractivity contribution >= 4 is 22.8 Å². The van der Waals surface area contributed by atoms with Gasteiger partial charge in [0.15, 0.2) is 5.82 Å². The largest absolute Gasteiger partial charge is 0.355 e. The average Bonchev–Trinajstić information content (AvgIpc) is 2.92. The van der Waals surface area contributed by atoms with Crippen LogP contribution in [0.5, 0.6) is 0 Å². The van der Waals surface area contributed by atoms with Gasteiger partial charge in [-0.1, -0.05) is 66.2 Å². The van der Waals surface area contributed by atoms with Crippen molar-refractivity contribution in [1.29, 1.82) is 0 Å². The molecule has 37 heavy (non-hydrogen) atoms. The number of nitrogens with one attached hydrogen (secondary N) is 1. The maximum atomic E-state index is 13.7. The first kappa shape index (κ1) is 24.8. The van der Waals surface area contributed by atoms with E-state index in [0.717, 1.165) is 42.4 Å². The summed E-state index contributed by atoms with van der Waals surface area (Å²) in [5, 5.41) is 3.12. The van der Waals surface area contributed by atoms with Crippen LogP contribution in [0.3, 0.4) is 0 Å². The second-order valence-electron chi connectivity index (χ2n) is 10.1. The fourth-order valence-corrected chi connectivity index (χ4v) is 5.16. The standard InChI is InChI=1S/C31H34N4O2/c1-22-13-15-24(16-14-22)20-35-28-12-6-5-11-27(28)33-29(31(35)37)34-19-7-10-26(21-34)30(36)32-18-17-25-9-4-3-8-23(25)2/h3-6,8-9,11-16,26H,7,10,17-21H2,1-2H3,(H,32,36)/t26-/m0/s1. The van der Waals surface area contributed by atoms with Gasteiger partial charge in [0.25, 0.3) is 5.56 Å². The van der Waals surface area contributed by atoms with E-state index in [0.29, 0.717) is 25.5 Å². The molecule has 5 rings (SSSR count). The van der Waals surface area contributed by atoms with E-state index in [9.17, 15) is 9.59 Å². The lowest BCUT2D eigenvalue weighted by molar-refractivity contribution is -0.125. The minimum absolute atomic E-state index is 0.0547. The van der Waals surface area contributed by atoms with Crippen molar-refractivity contribution in [3.05, 3.63) is 105 Å². The minimum atomic E-state index is -0.163. The molecule has 0 radical (unpaired) electrons. The molecule has 0 unspecified atom stereocenters. The monoisotopic (exact) mass is 494 g/mol. The third-order valence-electron chi connectivity index (χ3n) is 7.34. The lowest BCUT2D eigenvalue weighted by atomic mass is 9.97. The van der Waals surface area contributed by atoms with Gasteiger partial charge in [0.1, 0.15) is 0 Å². The zero-order valence-electron chi connectivity index (χ0n) is 21.6. The van der Waals surface area contributed by atoms with Crippen molar-refractivity contribution in [3.63, 3.8) is 0 Å². The van der Waals surface area contributed by atoms with Crippen LogP contribution >= 0.6 is 0 Å². The highest BCUT2D eigenvalue weighted by Crippen LogP contribution is 2.22. The number of benzene rings is 3. The first-order valence-corrected chi connectivity index (χ1v) is 13.1. The van der Waals surface area contributed by atoms with E-state index in [1.807, 2.05) is 45.9 Å². The van der Waals surface area contributed by atoms with Crippen molar-refractivity contribution in [1.82, 2.24) is 14.9 Å². The van der Waals surface area contributed by atoms with Gasteiger partial charge in [-0.05, 0) is 61.9 Å². The summed E-state index contributed by atoms with van der Waals surface area (Å²) in [4.78, 5) is 33.6. The Morgan fingerprint density at radius 3 is 2.57 bits per heavy atom. The molecule has 1 atom stereocenters. The van der Waals surface area contributed by atoms with Gasteiger partial charge in [0, 0.05) is 19.6 Å². The molecular formula is C31H34N4O2. The van der Waals surface area contributed by atoms with Gasteiger partial charge < -0.3 is 10.2 Å². The van der Waals surface area contributed by atoms with Gasteiger partial charge >= 0.3 is 0 Å². The number of para-hydroxylation sites is 2. The highest BCUT2D eigenvalue weighted by atomic mass is 16.2. The summed E-state index contributed by atoms with van der Waals surface area (Å²) in [5.41, 5.74) is 6.24. The maximum absolute atomic E-state index is 13.7. The summed E-state index contributed by atoms with van der Waals surface area (Å²) in [5.74, 6) is 0.325. The molecule has 0 spiro atoms. The van der Waals surface area contributed by atoms with Crippen molar-refractivity contribution in [3.8, 4) is 0 Å². The Labute approximate surface area is 218 Å². The summed E-state index contributed by atoms with van der Waals surface area (Å²) in [6, 6.07) is 24.3. The van der Waals surface area contributed by atoms with Crippen LogP contribution in [0, 0.1) is 19.8 Å². The number of hydrogen-bond acceptors (Lipinski definition) is 4. The zero-order valence-corrected chi connectivity index (χ0v) is 21.6. The van der Waals surface area contributed by atoms with Gasteiger partial charge in [-0.2, -0.15) is 0 Å². The van der Waals surface area contributed by atoms with Gasteiger partial charge in [0.05, 0.1) is 23.5 Å². The van der Waals surface area contributed by atoms with E-state index >= 15 is 0 Å². The molecule has 1 aliphatic heterocycles. The van der Waals surface area contributed by atoms with Crippen LogP contribution in [-0.2, 0) is 17.8 Å². The normalized spacial score (nSPS) is 15.6. The second-order valence-corrected chi connectivity index (χ2v) is 10.1. The predicted molar refractivity (Wildman–Crippen MR) is 149 cm³/mol. The fourth-order valence-electron chi connectivity index (χ4n) is 5.16. The van der Waals surface area contributed by atoms with Crippen molar-refractivity contribution in [2.45, 2.75) is 39.7 Å². The zero-order chi connectivity index (χ0) is 25.8. The number of carbonyl (C=O) groups excluding carboxylic acids is 1. The number of carbonyl (C=O) groups is 1. The molecule has 6 nitrogen and oxygen atoms in total. The van der Waals surface area contributed by atoms with Gasteiger partial charge in [0.2, 0.25) is 5.91 Å². The highest BCUT2D eigenvalue weighted by Gasteiger charge is 2.28. The fraction of sp³-hybridized carbons (Fsp3) is 0.323. The number of fused-ring (bicyclic) bond motifs is 1. The first-order valence-electron chi connectivity index (χ1n) is 13.1. The summed E-state index contributed by atoms with van der Waals surface area (Å²) in [7, 11) is 0. The van der Waals surface area contributed by atoms with E-state index < -0.39 is 0 Å². The van der Waals surface area contributed by atoms with Crippen molar-refractivity contribution < 1.29 is 4.79 Å². The van der Waals surface area contributed by atoms with E-state index in [4.69, 9.17) is 4.98 Å². The third-order valence-corrected chi connectivity index (χ3v) is 7.34. The van der Waals surface area contributed by atoms with Crippen LogP contribution in [0.4, 0.5) is 5.82 Å². The molecular weight excluding hydrogens is 460 g/mol. The Bertz CT molecular complexity index is 1460. The van der Waals surface area contributed by atoms with E-state index in [1.165, 1.54) is 16.7 Å². The van der Waals surface area contributed by atoms with E-state index in [1.54, 1.807) is 0 Å². The Morgan fingerprint density at radius 1 is 1.00 bits per heavy atom. The number of anilines is 1. The van der Waals surface area contributed by atoms with Crippen LogP contribution in [0.25, 0.3) is 11.0 Å². The van der Waals surface area contributed by atoms with Gasteiger partial charge in [-0.25, -0.2) is 4.98 Å². The molecule has 1 fully saturated rings. The number of aromatic nitrogens is 2. The van der Waals surface area contributed by atoms with Crippen LogP contribution in [0.15, 0.2) is 77.6 Å². The van der Waals surface area contributed by atoms with Crippen LogP contribution < -0.4 is 15.8 Å². The molecule has 3 aromatic carbocycles. The SMILES string of the molecule is Cc1ccc(Cn2c(=O)c(N3CCC[C@H](C(=O)NCCc4ccccc4C)C3)nc3ccccc32)cc1. The molecule has 1 amide bonds. The first-order chi connectivity index (χ1) is 18.0. The summed E-state index contributed by atoms with van der Waals surface area (Å²) >= 11 is 0. The Kier molecular flexibility index (Phi) is 7.35. The summed E-state index contributed by atoms with van der Waals surface area (Å²) in [6.45, 7) is 6.46. The van der Waals surface area contributed by atoms with E-state index in [2.05, 4.69) is 55.6 Å². The topological polar surface area (TPSA) is 67.2 Å². The smallest absolute Gasteiger partial charge is 0.294 e. The molecule has 190 valence electrons. The van der Waals surface area contributed by atoms with Crippen LogP contribution in [-0.4, -0.2) is 35.1 Å². The number of rotatable bonds is 7. The summed E-state index contributed by atoms with van der Waals surface area (Å²) < 4.78 is 1.81. The second kappa shape index (κ2) is 11.0. The number of aryl methyl sites for hydroxylation is 2. The molecule has 6 heteroatoms.